The van der Waals surface area contributed by atoms with E-state index >= 15 is 0 Å². The molecule has 0 aliphatic heterocycles. The second-order valence-electron chi connectivity index (χ2n) is 5.53. The van der Waals surface area contributed by atoms with Crippen molar-refractivity contribution in [3.63, 3.8) is 0 Å². The summed E-state index contributed by atoms with van der Waals surface area (Å²) in [6.45, 7) is 2.86. The fraction of sp³-hybridized carbons (Fsp3) is 0.235. The maximum absolute atomic E-state index is 12.4. The topological polar surface area (TPSA) is 62.3 Å². The van der Waals surface area contributed by atoms with Gasteiger partial charge in [-0.2, -0.15) is 4.31 Å². The molecule has 0 aliphatic carbocycles. The molecule has 0 unspecified atom stereocenters. The van der Waals surface area contributed by atoms with Crippen LogP contribution in [0.1, 0.15) is 5.56 Å². The van der Waals surface area contributed by atoms with Gasteiger partial charge in [-0.3, -0.25) is 0 Å². The molecule has 1 aromatic carbocycles. The van der Waals surface area contributed by atoms with Crippen molar-refractivity contribution in [3.8, 4) is 0 Å². The quantitative estimate of drug-likeness (QED) is 0.731. The Morgan fingerprint density at radius 3 is 2.75 bits per heavy atom. The molecule has 1 N–H and O–H groups in total. The number of thiophene rings is 1. The van der Waals surface area contributed by atoms with Crippen LogP contribution in [0.4, 0.5) is 5.82 Å². The van der Waals surface area contributed by atoms with E-state index in [-0.39, 0.29) is 0 Å². The minimum Gasteiger partial charge on any atom is -0.369 e. The minimum atomic E-state index is -3.40. The maximum atomic E-state index is 12.4. The lowest BCUT2D eigenvalue weighted by atomic mass is 10.1. The molecule has 24 heavy (non-hydrogen) atoms. The summed E-state index contributed by atoms with van der Waals surface area (Å²) in [5, 5.41) is 6.10. The van der Waals surface area contributed by atoms with Gasteiger partial charge in [0.2, 0.25) is 0 Å². The molecule has 3 aromatic rings. The van der Waals surface area contributed by atoms with Crippen LogP contribution in [0.15, 0.2) is 52.1 Å². The Hall–Kier alpha value is -1.96. The zero-order chi connectivity index (χ0) is 17.2. The van der Waals surface area contributed by atoms with Gasteiger partial charge in [0.15, 0.2) is 0 Å². The summed E-state index contributed by atoms with van der Waals surface area (Å²) >= 11 is 1.23. The van der Waals surface area contributed by atoms with E-state index in [1.807, 2.05) is 31.2 Å². The van der Waals surface area contributed by atoms with Crippen molar-refractivity contribution >= 4 is 38.1 Å². The number of para-hydroxylation sites is 1. The van der Waals surface area contributed by atoms with E-state index in [0.717, 1.165) is 22.3 Å². The number of sulfonamides is 1. The molecule has 5 nitrogen and oxygen atoms in total. The van der Waals surface area contributed by atoms with Crippen LogP contribution in [-0.2, 0) is 10.0 Å². The Bertz CT molecular complexity index is 938. The number of rotatable bonds is 6. The monoisotopic (exact) mass is 361 g/mol. The number of pyridine rings is 1. The number of benzene rings is 1. The number of nitrogens with one attached hydrogen (secondary N) is 1. The van der Waals surface area contributed by atoms with Gasteiger partial charge in [-0.1, -0.05) is 24.3 Å². The first kappa shape index (κ1) is 16.9. The van der Waals surface area contributed by atoms with E-state index in [2.05, 4.69) is 16.4 Å². The van der Waals surface area contributed by atoms with Crippen molar-refractivity contribution in [2.75, 3.05) is 25.5 Å². The summed E-state index contributed by atoms with van der Waals surface area (Å²) in [6, 6.07) is 13.4. The van der Waals surface area contributed by atoms with Gasteiger partial charge in [0.25, 0.3) is 10.0 Å². The number of hydrogen-bond acceptors (Lipinski definition) is 5. The number of aryl methyl sites for hydroxylation is 1. The normalized spacial score (nSPS) is 12.0. The van der Waals surface area contributed by atoms with E-state index in [1.54, 1.807) is 24.6 Å². The van der Waals surface area contributed by atoms with Crippen molar-refractivity contribution in [2.45, 2.75) is 11.1 Å². The molecule has 0 saturated heterocycles. The fourth-order valence-corrected chi connectivity index (χ4v) is 4.79. The van der Waals surface area contributed by atoms with Crippen molar-refractivity contribution in [1.29, 1.82) is 0 Å². The van der Waals surface area contributed by atoms with Crippen LogP contribution in [0.5, 0.6) is 0 Å². The Morgan fingerprint density at radius 1 is 1.21 bits per heavy atom. The van der Waals surface area contributed by atoms with Crippen LogP contribution < -0.4 is 5.32 Å². The van der Waals surface area contributed by atoms with Crippen molar-refractivity contribution < 1.29 is 8.42 Å². The number of nitrogens with zero attached hydrogens (tertiary/aromatic N) is 2. The molecule has 126 valence electrons. The van der Waals surface area contributed by atoms with Gasteiger partial charge in [0.05, 0.1) is 5.52 Å². The SMILES string of the molecule is Cc1cc2ccccc2nc1NCCN(C)S(=O)(=O)c1cccs1. The fourth-order valence-electron chi connectivity index (χ4n) is 2.42. The second kappa shape index (κ2) is 6.88. The zero-order valence-electron chi connectivity index (χ0n) is 13.6. The highest BCUT2D eigenvalue weighted by molar-refractivity contribution is 7.91. The Kier molecular flexibility index (Phi) is 4.84. The van der Waals surface area contributed by atoms with E-state index in [9.17, 15) is 8.42 Å². The lowest BCUT2D eigenvalue weighted by molar-refractivity contribution is 0.482. The Balaban J connectivity index is 1.67. The summed E-state index contributed by atoms with van der Waals surface area (Å²) in [4.78, 5) is 4.61. The smallest absolute Gasteiger partial charge is 0.252 e. The van der Waals surface area contributed by atoms with Gasteiger partial charge < -0.3 is 5.32 Å². The average Bonchev–Trinajstić information content (AvgIpc) is 3.10. The van der Waals surface area contributed by atoms with E-state index in [4.69, 9.17) is 0 Å². The predicted molar refractivity (Wildman–Crippen MR) is 99.1 cm³/mol. The Labute approximate surface area is 146 Å². The molecule has 3 rings (SSSR count). The second-order valence-corrected chi connectivity index (χ2v) is 8.75. The molecule has 0 bridgehead atoms. The number of anilines is 1. The van der Waals surface area contributed by atoms with Crippen molar-refractivity contribution in [3.05, 3.63) is 53.4 Å². The summed E-state index contributed by atoms with van der Waals surface area (Å²) in [5.41, 5.74) is 1.96. The molecular formula is C17H19N3O2S2. The first-order valence-electron chi connectivity index (χ1n) is 7.58. The first-order valence-corrected chi connectivity index (χ1v) is 9.90. The summed E-state index contributed by atoms with van der Waals surface area (Å²) < 4.78 is 26.5. The summed E-state index contributed by atoms with van der Waals surface area (Å²) in [5.74, 6) is 0.788. The lowest BCUT2D eigenvalue weighted by Gasteiger charge is -2.17. The molecule has 0 spiro atoms. The molecule has 0 atom stereocenters. The van der Waals surface area contributed by atoms with Crippen LogP contribution in [-0.4, -0.2) is 37.8 Å². The molecule has 0 amide bonds. The number of fused-ring (bicyclic) bond motifs is 1. The van der Waals surface area contributed by atoms with E-state index < -0.39 is 10.0 Å². The van der Waals surface area contributed by atoms with Gasteiger partial charge in [-0.15, -0.1) is 11.3 Å². The van der Waals surface area contributed by atoms with Gasteiger partial charge in [-0.25, -0.2) is 13.4 Å². The largest absolute Gasteiger partial charge is 0.369 e. The minimum absolute atomic E-state index is 0.366. The molecule has 0 saturated carbocycles. The zero-order valence-corrected chi connectivity index (χ0v) is 15.2. The average molecular weight is 361 g/mol. The molecule has 2 aromatic heterocycles. The molecule has 0 fully saturated rings. The molecular weight excluding hydrogens is 342 g/mol. The number of aromatic nitrogens is 1. The van der Waals surface area contributed by atoms with Crippen LogP contribution in [0.2, 0.25) is 0 Å². The van der Waals surface area contributed by atoms with Gasteiger partial charge in [-0.05, 0) is 36.1 Å². The third-order valence-corrected chi connectivity index (χ3v) is 7.02. The standard InChI is InChI=1S/C17H19N3O2S2/c1-13-12-14-6-3-4-7-15(14)19-17(13)18-9-10-20(2)24(21,22)16-8-5-11-23-16/h3-8,11-12H,9-10H2,1-2H3,(H,18,19). The van der Waals surface area contributed by atoms with Gasteiger partial charge >= 0.3 is 0 Å². The highest BCUT2D eigenvalue weighted by atomic mass is 32.2. The van der Waals surface area contributed by atoms with E-state index in [1.165, 1.54) is 15.6 Å². The van der Waals surface area contributed by atoms with Crippen LogP contribution in [0.3, 0.4) is 0 Å². The van der Waals surface area contributed by atoms with Crippen LogP contribution in [0.25, 0.3) is 10.9 Å². The van der Waals surface area contributed by atoms with E-state index in [0.29, 0.717) is 17.3 Å². The van der Waals surface area contributed by atoms with Crippen LogP contribution >= 0.6 is 11.3 Å². The maximum Gasteiger partial charge on any atom is 0.252 e. The van der Waals surface area contributed by atoms with Crippen LogP contribution in [0, 0.1) is 6.92 Å². The predicted octanol–water partition coefficient (Wildman–Crippen LogP) is 3.34. The molecule has 7 heteroatoms. The summed E-state index contributed by atoms with van der Waals surface area (Å²) in [7, 11) is -1.81. The summed E-state index contributed by atoms with van der Waals surface area (Å²) in [6.07, 6.45) is 0. The Morgan fingerprint density at radius 2 is 2.00 bits per heavy atom. The number of likely N-dealkylation sites (N-methyl/N-ethyl adjacent to an activating group) is 1. The highest BCUT2D eigenvalue weighted by Gasteiger charge is 2.21. The molecule has 0 aliphatic rings. The molecule has 0 radical (unpaired) electrons. The highest BCUT2D eigenvalue weighted by Crippen LogP contribution is 2.21. The first-order chi connectivity index (χ1) is 11.5. The lowest BCUT2D eigenvalue weighted by Crippen LogP contribution is -2.31. The third kappa shape index (κ3) is 3.43. The number of hydrogen-bond donors (Lipinski definition) is 1. The van der Waals surface area contributed by atoms with Crippen molar-refractivity contribution in [1.82, 2.24) is 9.29 Å². The van der Waals surface area contributed by atoms with Crippen molar-refractivity contribution in [2.24, 2.45) is 0 Å². The van der Waals surface area contributed by atoms with Gasteiger partial charge in [0, 0.05) is 25.5 Å². The molecule has 2 heterocycles. The third-order valence-electron chi connectivity index (χ3n) is 3.79. The van der Waals surface area contributed by atoms with Gasteiger partial charge in [0.1, 0.15) is 10.0 Å².